The highest BCUT2D eigenvalue weighted by Gasteiger charge is 2.09. The van der Waals surface area contributed by atoms with E-state index in [4.69, 9.17) is 24.2 Å². The minimum absolute atomic E-state index is 0.00245. The lowest BCUT2D eigenvalue weighted by Crippen LogP contribution is -2.03. The first-order chi connectivity index (χ1) is 16.2. The highest BCUT2D eigenvalue weighted by atomic mass is 16.5. The molecule has 0 fully saturated rings. The summed E-state index contributed by atoms with van der Waals surface area (Å²) in [5.74, 6) is 2.86. The molecule has 0 unspecified atom stereocenters. The van der Waals surface area contributed by atoms with Gasteiger partial charge in [0, 0.05) is 17.0 Å². The second-order valence-electron chi connectivity index (χ2n) is 7.42. The maximum Gasteiger partial charge on any atom is 0.174 e. The van der Waals surface area contributed by atoms with Crippen molar-refractivity contribution in [2.75, 3.05) is 13.7 Å². The fourth-order valence-corrected chi connectivity index (χ4v) is 3.46. The van der Waals surface area contributed by atoms with Crippen LogP contribution >= 0.6 is 0 Å². The molecule has 33 heavy (non-hydrogen) atoms. The molecule has 0 atom stereocenters. The Morgan fingerprint density at radius 3 is 2.39 bits per heavy atom. The minimum atomic E-state index is -0.00245. The van der Waals surface area contributed by atoms with E-state index in [0.717, 1.165) is 33.5 Å². The van der Waals surface area contributed by atoms with E-state index >= 15 is 0 Å². The van der Waals surface area contributed by atoms with E-state index in [2.05, 4.69) is 4.98 Å². The lowest BCUT2D eigenvalue weighted by atomic mass is 10.1. The number of fused-ring (bicyclic) bond motifs is 1. The summed E-state index contributed by atoms with van der Waals surface area (Å²) in [5, 5.41) is 9.84. The Morgan fingerprint density at radius 1 is 0.818 bits per heavy atom. The number of benzene rings is 3. The number of aromatic nitrogens is 1. The third kappa shape index (κ3) is 5.52. The van der Waals surface area contributed by atoms with Gasteiger partial charge in [0.15, 0.2) is 6.61 Å². The maximum atomic E-state index is 8.82. The summed E-state index contributed by atoms with van der Waals surface area (Å²) in [7, 11) is 1.65. The van der Waals surface area contributed by atoms with E-state index in [0.29, 0.717) is 30.5 Å². The first-order valence-electron chi connectivity index (χ1n) is 10.5. The van der Waals surface area contributed by atoms with Gasteiger partial charge in [-0.05, 0) is 48.9 Å². The molecule has 0 spiro atoms. The molecular weight excluding hydrogens is 416 g/mol. The Hall–Kier alpha value is -4.24. The number of methoxy groups -OCH3 is 1. The third-order valence-corrected chi connectivity index (χ3v) is 5.12. The fraction of sp³-hybridized carbons (Fsp3) is 0.185. The molecule has 0 N–H and O–H groups in total. The number of rotatable bonds is 9. The Labute approximate surface area is 192 Å². The molecule has 0 saturated carbocycles. The van der Waals surface area contributed by atoms with Crippen LogP contribution in [0.3, 0.4) is 0 Å². The summed E-state index contributed by atoms with van der Waals surface area (Å²) in [5.41, 5.74) is 3.57. The van der Waals surface area contributed by atoms with Crippen molar-refractivity contribution < 1.29 is 18.9 Å². The molecule has 0 bridgehead atoms. The zero-order chi connectivity index (χ0) is 23.0. The van der Waals surface area contributed by atoms with Gasteiger partial charge >= 0.3 is 0 Å². The molecule has 3 aromatic carbocycles. The first-order valence-corrected chi connectivity index (χ1v) is 10.5. The van der Waals surface area contributed by atoms with Gasteiger partial charge in [0.2, 0.25) is 0 Å². The van der Waals surface area contributed by atoms with Crippen LogP contribution in [0.4, 0.5) is 0 Å². The molecule has 0 aliphatic carbocycles. The third-order valence-electron chi connectivity index (χ3n) is 5.12. The molecule has 1 heterocycles. The number of nitrogens with zero attached hydrogens (tertiary/aromatic N) is 2. The van der Waals surface area contributed by atoms with Crippen LogP contribution in [0, 0.1) is 18.3 Å². The Kier molecular flexibility index (Phi) is 6.91. The van der Waals surface area contributed by atoms with E-state index < -0.39 is 0 Å². The van der Waals surface area contributed by atoms with Crippen molar-refractivity contribution in [3.63, 3.8) is 0 Å². The van der Waals surface area contributed by atoms with E-state index in [1.54, 1.807) is 7.11 Å². The highest BCUT2D eigenvalue weighted by molar-refractivity contribution is 5.80. The van der Waals surface area contributed by atoms with Crippen LogP contribution in [-0.2, 0) is 13.2 Å². The van der Waals surface area contributed by atoms with Gasteiger partial charge in [0.1, 0.15) is 42.3 Å². The van der Waals surface area contributed by atoms with Gasteiger partial charge in [-0.2, -0.15) is 5.26 Å². The molecule has 6 heteroatoms. The minimum Gasteiger partial charge on any atom is -0.497 e. The smallest absolute Gasteiger partial charge is 0.174 e. The van der Waals surface area contributed by atoms with E-state index in [1.807, 2.05) is 85.8 Å². The predicted octanol–water partition coefficient (Wildman–Crippen LogP) is 5.61. The molecular formula is C27H24N2O4. The quantitative estimate of drug-likeness (QED) is 0.337. The molecule has 6 nitrogen and oxygen atoms in total. The summed E-state index contributed by atoms with van der Waals surface area (Å²) in [6.07, 6.45) is 0. The topological polar surface area (TPSA) is 73.6 Å². The van der Waals surface area contributed by atoms with Gasteiger partial charge in [-0.1, -0.05) is 30.3 Å². The van der Waals surface area contributed by atoms with Crippen molar-refractivity contribution in [3.8, 4) is 29.1 Å². The van der Waals surface area contributed by atoms with Crippen molar-refractivity contribution in [3.05, 3.63) is 89.6 Å². The number of hydrogen-bond acceptors (Lipinski definition) is 6. The number of hydrogen-bond donors (Lipinski definition) is 0. The second kappa shape index (κ2) is 10.4. The monoisotopic (exact) mass is 440 g/mol. The van der Waals surface area contributed by atoms with Crippen LogP contribution in [0.1, 0.15) is 16.8 Å². The molecule has 4 aromatic rings. The SMILES string of the molecule is COc1ccc2nc(COc3cccc(OCc4cccc(C)c4OCC#N)c3)ccc2c1. The average Bonchev–Trinajstić information content (AvgIpc) is 2.85. The lowest BCUT2D eigenvalue weighted by Gasteiger charge is -2.14. The maximum absolute atomic E-state index is 8.82. The fourth-order valence-electron chi connectivity index (χ4n) is 3.46. The zero-order valence-corrected chi connectivity index (χ0v) is 18.6. The average molecular weight is 440 g/mol. The lowest BCUT2D eigenvalue weighted by molar-refractivity contribution is 0.281. The number of para-hydroxylation sites is 1. The van der Waals surface area contributed by atoms with Crippen LogP contribution in [0.15, 0.2) is 72.8 Å². The van der Waals surface area contributed by atoms with Gasteiger partial charge in [-0.25, -0.2) is 4.98 Å². The number of pyridine rings is 1. The first kappa shape index (κ1) is 22.0. The summed E-state index contributed by atoms with van der Waals surface area (Å²) in [6, 6.07) is 25.1. The number of nitriles is 1. The Morgan fingerprint density at radius 2 is 1.61 bits per heavy atom. The summed E-state index contributed by atoms with van der Waals surface area (Å²) < 4.78 is 22.8. The van der Waals surface area contributed by atoms with Crippen molar-refractivity contribution in [2.45, 2.75) is 20.1 Å². The molecule has 0 aliphatic heterocycles. The molecule has 4 rings (SSSR count). The van der Waals surface area contributed by atoms with Gasteiger partial charge in [-0.3, -0.25) is 0 Å². The van der Waals surface area contributed by atoms with Crippen LogP contribution in [0.25, 0.3) is 10.9 Å². The molecule has 1 aromatic heterocycles. The summed E-state index contributed by atoms with van der Waals surface area (Å²) >= 11 is 0. The molecule has 166 valence electrons. The molecule has 0 saturated heterocycles. The van der Waals surface area contributed by atoms with Crippen LogP contribution in [0.2, 0.25) is 0 Å². The van der Waals surface area contributed by atoms with Gasteiger partial charge < -0.3 is 18.9 Å². The summed E-state index contributed by atoms with van der Waals surface area (Å²) in [4.78, 5) is 4.66. The van der Waals surface area contributed by atoms with Crippen LogP contribution in [-0.4, -0.2) is 18.7 Å². The van der Waals surface area contributed by atoms with Crippen LogP contribution < -0.4 is 18.9 Å². The number of aryl methyl sites for hydroxylation is 1. The van der Waals surface area contributed by atoms with Crippen molar-refractivity contribution >= 4 is 10.9 Å². The van der Waals surface area contributed by atoms with E-state index in [-0.39, 0.29) is 6.61 Å². The molecule has 0 radical (unpaired) electrons. The van der Waals surface area contributed by atoms with Crippen LogP contribution in [0.5, 0.6) is 23.0 Å². The summed E-state index contributed by atoms with van der Waals surface area (Å²) in [6.45, 7) is 2.61. The van der Waals surface area contributed by atoms with Gasteiger partial charge in [0.05, 0.1) is 18.3 Å². The zero-order valence-electron chi connectivity index (χ0n) is 18.6. The predicted molar refractivity (Wildman–Crippen MR) is 126 cm³/mol. The standard InChI is InChI=1S/C27H24N2O4/c1-19-5-3-6-21(27(19)31-14-13-28)17-32-24-7-4-8-25(16-24)33-18-22-10-9-20-15-23(30-2)11-12-26(20)29-22/h3-12,15-16H,14,17-18H2,1-2H3. The second-order valence-corrected chi connectivity index (χ2v) is 7.42. The number of ether oxygens (including phenoxy) is 4. The van der Waals surface area contributed by atoms with Crippen molar-refractivity contribution in [1.82, 2.24) is 4.98 Å². The van der Waals surface area contributed by atoms with E-state index in [1.165, 1.54) is 0 Å². The molecule has 0 aliphatic rings. The van der Waals surface area contributed by atoms with Crippen molar-refractivity contribution in [1.29, 1.82) is 5.26 Å². The van der Waals surface area contributed by atoms with Gasteiger partial charge in [-0.15, -0.1) is 0 Å². The normalized spacial score (nSPS) is 10.5. The van der Waals surface area contributed by atoms with Crippen molar-refractivity contribution in [2.24, 2.45) is 0 Å². The van der Waals surface area contributed by atoms with Gasteiger partial charge in [0.25, 0.3) is 0 Å². The Balaban J connectivity index is 1.40. The van der Waals surface area contributed by atoms with E-state index in [9.17, 15) is 0 Å². The largest absolute Gasteiger partial charge is 0.497 e. The Bertz CT molecular complexity index is 1300. The molecule has 0 amide bonds. The highest BCUT2D eigenvalue weighted by Crippen LogP contribution is 2.27.